The molecule has 0 aliphatic heterocycles. The first-order valence-corrected chi connectivity index (χ1v) is 9.87. The number of imidazole rings is 1. The minimum atomic E-state index is -0.933. The molecular weight excluding hydrogens is 378 g/mol. The number of ether oxygens (including phenoxy) is 1. The molecule has 0 unspecified atom stereocenters. The topological polar surface area (TPSA) is 77.2 Å². The molecule has 0 aliphatic rings. The van der Waals surface area contributed by atoms with Crippen molar-refractivity contribution in [2.75, 3.05) is 6.61 Å². The summed E-state index contributed by atoms with van der Waals surface area (Å²) in [7, 11) is 0. The molecular formula is C24H23N3O3. The molecule has 0 amide bonds. The summed E-state index contributed by atoms with van der Waals surface area (Å²) in [5.41, 5.74) is 6.55. The average Bonchev–Trinajstić information content (AvgIpc) is 3.06. The summed E-state index contributed by atoms with van der Waals surface area (Å²) in [5, 5.41) is 9.45. The highest BCUT2D eigenvalue weighted by molar-refractivity contribution is 5.96. The van der Waals surface area contributed by atoms with Crippen LogP contribution >= 0.6 is 0 Å². The first-order chi connectivity index (χ1) is 14.5. The van der Waals surface area contributed by atoms with Crippen LogP contribution in [0.5, 0.6) is 6.01 Å². The Kier molecular flexibility index (Phi) is 5.23. The normalized spacial score (nSPS) is 11.0. The van der Waals surface area contributed by atoms with Crippen LogP contribution in [0.2, 0.25) is 0 Å². The lowest BCUT2D eigenvalue weighted by Crippen LogP contribution is -2.06. The van der Waals surface area contributed by atoms with E-state index in [2.05, 4.69) is 9.97 Å². The predicted molar refractivity (Wildman–Crippen MR) is 116 cm³/mol. The fraction of sp³-hybridized carbons (Fsp3) is 0.208. The maximum Gasteiger partial charge on any atom is 0.336 e. The Bertz CT molecular complexity index is 1230. The highest BCUT2D eigenvalue weighted by Crippen LogP contribution is 2.27. The van der Waals surface area contributed by atoms with E-state index in [9.17, 15) is 9.90 Å². The number of fused-ring (bicyclic) bond motifs is 1. The molecule has 0 saturated carbocycles. The van der Waals surface area contributed by atoms with Gasteiger partial charge in [0.1, 0.15) is 5.52 Å². The minimum absolute atomic E-state index is 0.291. The molecule has 0 aliphatic carbocycles. The number of aromatic carboxylic acids is 1. The van der Waals surface area contributed by atoms with Gasteiger partial charge in [-0.05, 0) is 55.2 Å². The van der Waals surface area contributed by atoms with Crippen LogP contribution in [-0.2, 0) is 6.54 Å². The quantitative estimate of drug-likeness (QED) is 0.499. The number of nitrogens with zero attached hydrogens (tertiary/aromatic N) is 3. The van der Waals surface area contributed by atoms with Crippen molar-refractivity contribution in [2.45, 2.75) is 27.3 Å². The number of carbonyl (C=O) groups is 1. The standard InChI is InChI=1S/C24H23N3O3/c1-4-30-24-26-21-15(2)13-16(3)25-22(21)27(24)14-17-9-11-18(12-10-17)19-7-5-6-8-20(19)23(28)29/h5-13H,4,14H2,1-3H3,(H,28,29). The fourth-order valence-electron chi connectivity index (χ4n) is 3.66. The number of aromatic nitrogens is 3. The molecule has 0 saturated heterocycles. The van der Waals surface area contributed by atoms with Crippen molar-refractivity contribution >= 4 is 17.1 Å². The van der Waals surface area contributed by atoms with Crippen molar-refractivity contribution < 1.29 is 14.6 Å². The van der Waals surface area contributed by atoms with Crippen LogP contribution in [0.3, 0.4) is 0 Å². The molecule has 0 fully saturated rings. The van der Waals surface area contributed by atoms with Gasteiger partial charge >= 0.3 is 5.97 Å². The molecule has 4 aromatic rings. The first kappa shape index (κ1) is 19.6. The third-order valence-electron chi connectivity index (χ3n) is 5.02. The van der Waals surface area contributed by atoms with Gasteiger partial charge in [0.05, 0.1) is 18.7 Å². The van der Waals surface area contributed by atoms with Gasteiger partial charge in [-0.2, -0.15) is 4.98 Å². The van der Waals surface area contributed by atoms with Gasteiger partial charge in [0.2, 0.25) is 0 Å². The van der Waals surface area contributed by atoms with E-state index in [1.165, 1.54) is 0 Å². The zero-order valence-corrected chi connectivity index (χ0v) is 17.2. The van der Waals surface area contributed by atoms with Gasteiger partial charge in [-0.25, -0.2) is 9.78 Å². The van der Waals surface area contributed by atoms with Crippen LogP contribution in [0.25, 0.3) is 22.3 Å². The number of carboxylic acids is 1. The van der Waals surface area contributed by atoms with Crippen LogP contribution in [0.4, 0.5) is 0 Å². The van der Waals surface area contributed by atoms with Crippen LogP contribution in [0, 0.1) is 13.8 Å². The smallest absolute Gasteiger partial charge is 0.336 e. The molecule has 152 valence electrons. The molecule has 6 nitrogen and oxygen atoms in total. The Morgan fingerprint density at radius 1 is 1.07 bits per heavy atom. The molecule has 0 spiro atoms. The molecule has 1 N–H and O–H groups in total. The summed E-state index contributed by atoms with van der Waals surface area (Å²) < 4.78 is 7.76. The zero-order valence-electron chi connectivity index (χ0n) is 17.2. The Morgan fingerprint density at radius 3 is 2.50 bits per heavy atom. The minimum Gasteiger partial charge on any atom is -0.478 e. The Labute approximate surface area is 174 Å². The summed E-state index contributed by atoms with van der Waals surface area (Å²) in [6.45, 7) is 7.01. The number of carboxylic acid groups (broad SMARTS) is 1. The highest BCUT2D eigenvalue weighted by Gasteiger charge is 2.16. The van der Waals surface area contributed by atoms with Crippen molar-refractivity contribution in [1.82, 2.24) is 14.5 Å². The molecule has 4 rings (SSSR count). The lowest BCUT2D eigenvalue weighted by molar-refractivity contribution is 0.0697. The van der Waals surface area contributed by atoms with E-state index in [4.69, 9.17) is 4.74 Å². The molecule has 6 heteroatoms. The molecule has 2 aromatic carbocycles. The SMILES string of the molecule is CCOc1nc2c(C)cc(C)nc2n1Cc1ccc(-c2ccccc2C(=O)O)cc1. The number of hydrogen-bond acceptors (Lipinski definition) is 4. The maximum absolute atomic E-state index is 11.5. The second-order valence-electron chi connectivity index (χ2n) is 7.21. The molecule has 0 radical (unpaired) electrons. The maximum atomic E-state index is 11.5. The Balaban J connectivity index is 1.71. The van der Waals surface area contributed by atoms with E-state index in [1.807, 2.05) is 67.8 Å². The summed E-state index contributed by atoms with van der Waals surface area (Å²) >= 11 is 0. The van der Waals surface area contributed by atoms with Gasteiger partial charge in [0, 0.05) is 5.69 Å². The number of pyridine rings is 1. The van der Waals surface area contributed by atoms with Crippen LogP contribution < -0.4 is 4.74 Å². The largest absolute Gasteiger partial charge is 0.478 e. The zero-order chi connectivity index (χ0) is 21.3. The van der Waals surface area contributed by atoms with Crippen molar-refractivity contribution in [3.8, 4) is 17.1 Å². The lowest BCUT2D eigenvalue weighted by Gasteiger charge is -2.11. The predicted octanol–water partition coefficient (Wildman–Crippen LogP) is 4.86. The van der Waals surface area contributed by atoms with E-state index >= 15 is 0 Å². The van der Waals surface area contributed by atoms with Gasteiger partial charge in [0.25, 0.3) is 6.01 Å². The van der Waals surface area contributed by atoms with Crippen molar-refractivity contribution in [3.05, 3.63) is 77.0 Å². The number of aryl methyl sites for hydroxylation is 2. The summed E-state index contributed by atoms with van der Waals surface area (Å²) in [6, 6.07) is 17.5. The summed E-state index contributed by atoms with van der Waals surface area (Å²) in [6.07, 6.45) is 0. The van der Waals surface area contributed by atoms with Gasteiger partial charge < -0.3 is 9.84 Å². The van der Waals surface area contributed by atoms with Crippen LogP contribution in [0.1, 0.15) is 34.1 Å². The van der Waals surface area contributed by atoms with Crippen molar-refractivity contribution in [3.63, 3.8) is 0 Å². The lowest BCUT2D eigenvalue weighted by atomic mass is 9.99. The molecule has 2 heterocycles. The first-order valence-electron chi connectivity index (χ1n) is 9.87. The van der Waals surface area contributed by atoms with Crippen molar-refractivity contribution in [2.24, 2.45) is 0 Å². The fourth-order valence-corrected chi connectivity index (χ4v) is 3.66. The van der Waals surface area contributed by atoms with E-state index < -0.39 is 5.97 Å². The molecule has 0 bridgehead atoms. The van der Waals surface area contributed by atoms with Crippen LogP contribution in [0.15, 0.2) is 54.6 Å². The summed E-state index contributed by atoms with van der Waals surface area (Å²) in [4.78, 5) is 20.9. The van der Waals surface area contributed by atoms with E-state index in [1.54, 1.807) is 12.1 Å². The van der Waals surface area contributed by atoms with Crippen molar-refractivity contribution in [1.29, 1.82) is 0 Å². The highest BCUT2D eigenvalue weighted by atomic mass is 16.5. The molecule has 30 heavy (non-hydrogen) atoms. The number of rotatable bonds is 6. The molecule has 0 atom stereocenters. The average molecular weight is 401 g/mol. The second-order valence-corrected chi connectivity index (χ2v) is 7.21. The van der Waals surface area contributed by atoms with Gasteiger partial charge in [0.15, 0.2) is 5.65 Å². The third kappa shape index (κ3) is 3.64. The van der Waals surface area contributed by atoms with Gasteiger partial charge in [-0.1, -0.05) is 42.5 Å². The third-order valence-corrected chi connectivity index (χ3v) is 5.02. The second kappa shape index (κ2) is 7.99. The van der Waals surface area contributed by atoms with Gasteiger partial charge in [-0.15, -0.1) is 0 Å². The Morgan fingerprint density at radius 2 is 1.80 bits per heavy atom. The number of benzene rings is 2. The number of hydrogen-bond donors (Lipinski definition) is 1. The van der Waals surface area contributed by atoms with E-state index in [0.29, 0.717) is 30.3 Å². The van der Waals surface area contributed by atoms with E-state index in [0.717, 1.165) is 33.5 Å². The van der Waals surface area contributed by atoms with E-state index in [-0.39, 0.29) is 0 Å². The summed E-state index contributed by atoms with van der Waals surface area (Å²) in [5.74, 6) is -0.933. The van der Waals surface area contributed by atoms with Crippen LogP contribution in [-0.4, -0.2) is 32.2 Å². The monoisotopic (exact) mass is 401 g/mol. The van der Waals surface area contributed by atoms with Gasteiger partial charge in [-0.3, -0.25) is 4.57 Å². The Hall–Kier alpha value is -3.67. The molecule has 2 aromatic heterocycles.